The van der Waals surface area contributed by atoms with Gasteiger partial charge in [0.15, 0.2) is 6.29 Å². The summed E-state index contributed by atoms with van der Waals surface area (Å²) >= 11 is 0. The quantitative estimate of drug-likeness (QED) is 0.496. The van der Waals surface area contributed by atoms with Gasteiger partial charge in [-0.05, 0) is 11.6 Å². The Kier molecular flexibility index (Phi) is 1.50. The van der Waals surface area contributed by atoms with Gasteiger partial charge in [0.05, 0.1) is 6.61 Å². The standard InChI is InChI=1S/C9H9NO2/c10-8-4-9-6(1-2-12-9)3-7(8)5-11/h3-5H,1-2,10H2. The van der Waals surface area contributed by atoms with Gasteiger partial charge in [0, 0.05) is 23.7 Å². The van der Waals surface area contributed by atoms with Crippen LogP contribution >= 0.6 is 0 Å². The topological polar surface area (TPSA) is 52.3 Å². The van der Waals surface area contributed by atoms with E-state index in [1.807, 2.05) is 0 Å². The van der Waals surface area contributed by atoms with Crippen molar-refractivity contribution in [1.29, 1.82) is 0 Å². The van der Waals surface area contributed by atoms with Crippen LogP contribution in [0.3, 0.4) is 0 Å². The van der Waals surface area contributed by atoms with Crippen LogP contribution in [-0.2, 0) is 6.42 Å². The van der Waals surface area contributed by atoms with Gasteiger partial charge in [-0.1, -0.05) is 0 Å². The molecule has 1 aliphatic rings. The molecule has 0 unspecified atom stereocenters. The molecule has 1 aromatic carbocycles. The van der Waals surface area contributed by atoms with Crippen LogP contribution in [0, 0.1) is 0 Å². The maximum Gasteiger partial charge on any atom is 0.152 e. The molecule has 0 spiro atoms. The van der Waals surface area contributed by atoms with Gasteiger partial charge in [0.1, 0.15) is 5.75 Å². The molecule has 0 fully saturated rings. The molecule has 12 heavy (non-hydrogen) atoms. The molecule has 3 heteroatoms. The normalized spacial score (nSPS) is 13.7. The third-order valence-corrected chi connectivity index (χ3v) is 2.02. The van der Waals surface area contributed by atoms with Crippen molar-refractivity contribution in [3.63, 3.8) is 0 Å². The third kappa shape index (κ3) is 0.942. The van der Waals surface area contributed by atoms with E-state index in [2.05, 4.69) is 0 Å². The van der Waals surface area contributed by atoms with Crippen LogP contribution in [0.5, 0.6) is 5.75 Å². The Morgan fingerprint density at radius 2 is 2.33 bits per heavy atom. The SMILES string of the molecule is Nc1cc2c(cc1C=O)CCO2. The number of anilines is 1. The first kappa shape index (κ1) is 7.16. The molecule has 0 atom stereocenters. The van der Waals surface area contributed by atoms with Crippen molar-refractivity contribution in [2.24, 2.45) is 0 Å². The number of hydrogen-bond acceptors (Lipinski definition) is 3. The molecule has 0 aromatic heterocycles. The lowest BCUT2D eigenvalue weighted by atomic mass is 10.1. The van der Waals surface area contributed by atoms with Crippen molar-refractivity contribution >= 4 is 12.0 Å². The number of benzene rings is 1. The number of ether oxygens (including phenoxy) is 1. The lowest BCUT2D eigenvalue weighted by molar-refractivity contribution is 0.112. The van der Waals surface area contributed by atoms with E-state index < -0.39 is 0 Å². The van der Waals surface area contributed by atoms with Gasteiger partial charge >= 0.3 is 0 Å². The molecule has 3 nitrogen and oxygen atoms in total. The van der Waals surface area contributed by atoms with E-state index in [1.165, 1.54) is 0 Å². The number of carbonyl (C=O) groups is 1. The second kappa shape index (κ2) is 2.52. The maximum atomic E-state index is 10.5. The molecule has 0 radical (unpaired) electrons. The number of nitrogens with two attached hydrogens (primary N) is 1. The number of carbonyl (C=O) groups excluding carboxylic acids is 1. The van der Waals surface area contributed by atoms with Crippen molar-refractivity contribution in [2.75, 3.05) is 12.3 Å². The highest BCUT2D eigenvalue weighted by molar-refractivity contribution is 5.84. The van der Waals surface area contributed by atoms with Crippen molar-refractivity contribution in [2.45, 2.75) is 6.42 Å². The van der Waals surface area contributed by atoms with E-state index in [9.17, 15) is 4.79 Å². The minimum absolute atomic E-state index is 0.491. The highest BCUT2D eigenvalue weighted by Crippen LogP contribution is 2.29. The van der Waals surface area contributed by atoms with Crippen LogP contribution in [0.4, 0.5) is 5.69 Å². The number of nitrogen functional groups attached to an aromatic ring is 1. The Morgan fingerprint density at radius 1 is 1.50 bits per heavy atom. The predicted octanol–water partition coefficient (Wildman–Crippen LogP) is 1.02. The summed E-state index contributed by atoms with van der Waals surface area (Å²) < 4.78 is 5.28. The summed E-state index contributed by atoms with van der Waals surface area (Å²) in [5, 5.41) is 0. The van der Waals surface area contributed by atoms with E-state index in [1.54, 1.807) is 12.1 Å². The number of fused-ring (bicyclic) bond motifs is 1. The van der Waals surface area contributed by atoms with Crippen LogP contribution < -0.4 is 10.5 Å². The smallest absolute Gasteiger partial charge is 0.152 e. The van der Waals surface area contributed by atoms with Crippen molar-refractivity contribution in [1.82, 2.24) is 0 Å². The molecule has 1 aliphatic heterocycles. The van der Waals surface area contributed by atoms with E-state index in [-0.39, 0.29) is 0 Å². The lowest BCUT2D eigenvalue weighted by Gasteiger charge is -2.02. The van der Waals surface area contributed by atoms with Crippen molar-refractivity contribution in [3.8, 4) is 5.75 Å². The Morgan fingerprint density at radius 3 is 3.08 bits per heavy atom. The second-order valence-electron chi connectivity index (χ2n) is 2.81. The van der Waals surface area contributed by atoms with E-state index >= 15 is 0 Å². The minimum atomic E-state index is 0.491. The fraction of sp³-hybridized carbons (Fsp3) is 0.222. The number of aldehydes is 1. The summed E-state index contributed by atoms with van der Waals surface area (Å²) in [4.78, 5) is 10.5. The first-order valence-corrected chi connectivity index (χ1v) is 3.81. The van der Waals surface area contributed by atoms with Gasteiger partial charge in [-0.3, -0.25) is 4.79 Å². The predicted molar refractivity (Wildman–Crippen MR) is 45.4 cm³/mol. The summed E-state index contributed by atoms with van der Waals surface area (Å²) in [6.07, 6.45) is 1.64. The summed E-state index contributed by atoms with van der Waals surface area (Å²) in [6.45, 7) is 0.692. The molecule has 1 aromatic rings. The highest BCUT2D eigenvalue weighted by atomic mass is 16.5. The molecule has 2 rings (SSSR count). The zero-order valence-electron chi connectivity index (χ0n) is 6.54. The zero-order chi connectivity index (χ0) is 8.55. The average molecular weight is 163 g/mol. The van der Waals surface area contributed by atoms with E-state index in [0.717, 1.165) is 24.0 Å². The second-order valence-corrected chi connectivity index (χ2v) is 2.81. The van der Waals surface area contributed by atoms with Gasteiger partial charge in [0.25, 0.3) is 0 Å². The first-order valence-electron chi connectivity index (χ1n) is 3.81. The van der Waals surface area contributed by atoms with E-state index in [0.29, 0.717) is 17.9 Å². The van der Waals surface area contributed by atoms with Crippen molar-refractivity contribution < 1.29 is 9.53 Å². The molecule has 0 saturated carbocycles. The van der Waals surface area contributed by atoms with Crippen LogP contribution in [0.15, 0.2) is 12.1 Å². The minimum Gasteiger partial charge on any atom is -0.493 e. The van der Waals surface area contributed by atoms with Gasteiger partial charge in [0.2, 0.25) is 0 Å². The monoisotopic (exact) mass is 163 g/mol. The molecule has 0 saturated heterocycles. The Bertz CT molecular complexity index is 334. The summed E-state index contributed by atoms with van der Waals surface area (Å²) in [5.74, 6) is 0.818. The molecule has 0 aliphatic carbocycles. The number of rotatable bonds is 1. The third-order valence-electron chi connectivity index (χ3n) is 2.02. The fourth-order valence-electron chi connectivity index (χ4n) is 1.36. The summed E-state index contributed by atoms with van der Waals surface area (Å²) in [7, 11) is 0. The van der Waals surface area contributed by atoms with Crippen LogP contribution in [-0.4, -0.2) is 12.9 Å². The highest BCUT2D eigenvalue weighted by Gasteiger charge is 2.13. The van der Waals surface area contributed by atoms with Gasteiger partial charge in [-0.15, -0.1) is 0 Å². The van der Waals surface area contributed by atoms with Crippen LogP contribution in [0.1, 0.15) is 15.9 Å². The van der Waals surface area contributed by atoms with Gasteiger partial charge in [-0.2, -0.15) is 0 Å². The molecular formula is C9H9NO2. The molecule has 1 heterocycles. The Labute approximate surface area is 70.1 Å². The fourth-order valence-corrected chi connectivity index (χ4v) is 1.36. The Balaban J connectivity index is 2.56. The molecule has 0 bridgehead atoms. The first-order chi connectivity index (χ1) is 5.81. The summed E-state index contributed by atoms with van der Waals surface area (Å²) in [5.41, 5.74) is 7.71. The van der Waals surface area contributed by atoms with Crippen molar-refractivity contribution in [3.05, 3.63) is 23.3 Å². The molecular weight excluding hydrogens is 154 g/mol. The van der Waals surface area contributed by atoms with Crippen LogP contribution in [0.25, 0.3) is 0 Å². The van der Waals surface area contributed by atoms with Gasteiger partial charge in [-0.25, -0.2) is 0 Å². The number of hydrogen-bond donors (Lipinski definition) is 1. The molecule has 0 amide bonds. The largest absolute Gasteiger partial charge is 0.493 e. The summed E-state index contributed by atoms with van der Waals surface area (Å²) in [6, 6.07) is 3.51. The van der Waals surface area contributed by atoms with Gasteiger partial charge < -0.3 is 10.5 Å². The lowest BCUT2D eigenvalue weighted by Crippen LogP contribution is -1.93. The maximum absolute atomic E-state index is 10.5. The molecule has 62 valence electrons. The Hall–Kier alpha value is -1.51. The zero-order valence-corrected chi connectivity index (χ0v) is 6.54. The van der Waals surface area contributed by atoms with E-state index in [4.69, 9.17) is 10.5 Å². The average Bonchev–Trinajstić information content (AvgIpc) is 2.49. The van der Waals surface area contributed by atoms with Crippen LogP contribution in [0.2, 0.25) is 0 Å². The molecule has 2 N–H and O–H groups in total.